The molecule has 0 saturated carbocycles. The Hall–Kier alpha value is -1.18. The van der Waals surface area contributed by atoms with E-state index in [1.54, 1.807) is 11.3 Å². The number of carbonyl (C=O) groups excluding carboxylic acids is 1. The molecule has 1 aromatic carbocycles. The van der Waals surface area contributed by atoms with E-state index in [1.165, 1.54) is 10.4 Å². The van der Waals surface area contributed by atoms with Gasteiger partial charge in [0.05, 0.1) is 12.2 Å². The number of rotatable bonds is 4. The predicted octanol–water partition coefficient (Wildman–Crippen LogP) is 2.44. The lowest BCUT2D eigenvalue weighted by molar-refractivity contribution is -0.114. The van der Waals surface area contributed by atoms with Gasteiger partial charge in [0, 0.05) is 30.9 Å². The van der Waals surface area contributed by atoms with Crippen molar-refractivity contribution < 1.29 is 4.79 Å². The summed E-state index contributed by atoms with van der Waals surface area (Å²) in [5.74, 6) is -0.192. The first-order valence-corrected chi connectivity index (χ1v) is 7.81. The van der Waals surface area contributed by atoms with E-state index in [0.29, 0.717) is 5.13 Å². The van der Waals surface area contributed by atoms with Crippen molar-refractivity contribution in [2.24, 2.45) is 5.73 Å². The van der Waals surface area contributed by atoms with Crippen LogP contribution in [0.5, 0.6) is 0 Å². The Bertz CT molecular complexity index is 636. The number of nitrogens with zero attached hydrogens (tertiary/aromatic N) is 2. The number of hydrogen-bond donors (Lipinski definition) is 2. The summed E-state index contributed by atoms with van der Waals surface area (Å²) in [4.78, 5) is 19.5. The van der Waals surface area contributed by atoms with Gasteiger partial charge < -0.3 is 11.1 Å². The Labute approximate surface area is 152 Å². The third-order valence-electron chi connectivity index (χ3n) is 3.49. The molecule has 2 aromatic rings. The Morgan fingerprint density at radius 2 is 2.04 bits per heavy atom. The van der Waals surface area contributed by atoms with Gasteiger partial charge in [0.15, 0.2) is 5.13 Å². The Kier molecular flexibility index (Phi) is 7.94. The molecule has 2 heterocycles. The highest BCUT2D eigenvalue weighted by Gasteiger charge is 2.21. The highest BCUT2D eigenvalue weighted by atomic mass is 35.5. The molecule has 5 nitrogen and oxygen atoms in total. The molecule has 0 saturated heterocycles. The number of halogens is 2. The zero-order valence-corrected chi connectivity index (χ0v) is 15.0. The molecule has 8 heteroatoms. The van der Waals surface area contributed by atoms with Crippen LogP contribution >= 0.6 is 36.2 Å². The van der Waals surface area contributed by atoms with E-state index < -0.39 is 0 Å². The monoisotopic (exact) mass is 374 g/mol. The van der Waals surface area contributed by atoms with Crippen molar-refractivity contribution in [2.45, 2.75) is 19.5 Å². The number of amides is 1. The molecule has 23 heavy (non-hydrogen) atoms. The number of hydrogen-bond acceptors (Lipinski definition) is 5. The number of benzene rings is 1. The molecule has 126 valence electrons. The molecule has 1 aliphatic heterocycles. The van der Waals surface area contributed by atoms with Gasteiger partial charge >= 0.3 is 0 Å². The molecule has 1 aromatic heterocycles. The van der Waals surface area contributed by atoms with Crippen LogP contribution < -0.4 is 11.1 Å². The number of nitrogens with one attached hydrogen (secondary N) is 1. The molecule has 0 spiro atoms. The van der Waals surface area contributed by atoms with Crippen LogP contribution in [0, 0.1) is 0 Å². The van der Waals surface area contributed by atoms with Gasteiger partial charge in [-0.25, -0.2) is 4.98 Å². The molecule has 3 N–H and O–H groups in total. The number of thiazole rings is 1. The first-order valence-electron chi connectivity index (χ1n) is 6.99. The second kappa shape index (κ2) is 9.20. The van der Waals surface area contributed by atoms with E-state index in [0.717, 1.165) is 31.7 Å². The number of carbonyl (C=O) groups is 1. The first kappa shape index (κ1) is 19.9. The lowest BCUT2D eigenvalue weighted by Crippen LogP contribution is -2.29. The van der Waals surface area contributed by atoms with Crippen molar-refractivity contribution in [1.82, 2.24) is 9.88 Å². The summed E-state index contributed by atoms with van der Waals surface area (Å²) in [7, 11) is 0. The molecule has 0 unspecified atom stereocenters. The van der Waals surface area contributed by atoms with E-state index in [-0.39, 0.29) is 37.3 Å². The van der Waals surface area contributed by atoms with Gasteiger partial charge in [0.1, 0.15) is 0 Å². The summed E-state index contributed by atoms with van der Waals surface area (Å²) >= 11 is 1.55. The fourth-order valence-corrected chi connectivity index (χ4v) is 3.52. The summed E-state index contributed by atoms with van der Waals surface area (Å²) in [5, 5.41) is 3.40. The third kappa shape index (κ3) is 5.16. The summed E-state index contributed by atoms with van der Waals surface area (Å²) in [6, 6.07) is 10.5. The molecule has 1 aliphatic rings. The molecule has 0 atom stereocenters. The predicted molar refractivity (Wildman–Crippen MR) is 98.6 cm³/mol. The average Bonchev–Trinajstić information content (AvgIpc) is 2.89. The van der Waals surface area contributed by atoms with Crippen LogP contribution in [0.4, 0.5) is 5.13 Å². The van der Waals surface area contributed by atoms with Crippen LogP contribution in [0.3, 0.4) is 0 Å². The maximum atomic E-state index is 11.3. The van der Waals surface area contributed by atoms with Gasteiger partial charge in [-0.1, -0.05) is 30.3 Å². The summed E-state index contributed by atoms with van der Waals surface area (Å²) in [6.07, 6.45) is 0.928. The topological polar surface area (TPSA) is 71.2 Å². The third-order valence-corrected chi connectivity index (χ3v) is 4.49. The Morgan fingerprint density at radius 3 is 2.74 bits per heavy atom. The van der Waals surface area contributed by atoms with Crippen LogP contribution in [0.1, 0.15) is 16.1 Å². The fourth-order valence-electron chi connectivity index (χ4n) is 2.45. The highest BCUT2D eigenvalue weighted by Crippen LogP contribution is 2.28. The van der Waals surface area contributed by atoms with Crippen molar-refractivity contribution in [2.75, 3.05) is 18.4 Å². The van der Waals surface area contributed by atoms with Crippen molar-refractivity contribution in [1.29, 1.82) is 0 Å². The molecule has 0 bridgehead atoms. The second-order valence-corrected chi connectivity index (χ2v) is 6.17. The minimum absolute atomic E-state index is 0. The van der Waals surface area contributed by atoms with Gasteiger partial charge in [-0.05, 0) is 5.56 Å². The van der Waals surface area contributed by atoms with Crippen molar-refractivity contribution in [3.05, 3.63) is 46.5 Å². The van der Waals surface area contributed by atoms with Gasteiger partial charge in [-0.2, -0.15) is 0 Å². The number of anilines is 1. The second-order valence-electron chi connectivity index (χ2n) is 5.09. The first-order chi connectivity index (χ1) is 10.2. The maximum absolute atomic E-state index is 11.3. The molecule has 3 rings (SSSR count). The van der Waals surface area contributed by atoms with Crippen LogP contribution in [-0.4, -0.2) is 28.9 Å². The highest BCUT2D eigenvalue weighted by molar-refractivity contribution is 7.15. The number of aromatic nitrogens is 1. The van der Waals surface area contributed by atoms with Crippen molar-refractivity contribution in [3.8, 4) is 0 Å². The number of fused-ring (bicyclic) bond motifs is 1. The summed E-state index contributed by atoms with van der Waals surface area (Å²) in [5.41, 5.74) is 7.74. The zero-order valence-electron chi connectivity index (χ0n) is 12.5. The average molecular weight is 375 g/mol. The van der Waals surface area contributed by atoms with Gasteiger partial charge in [-0.3, -0.25) is 9.69 Å². The lowest BCUT2D eigenvalue weighted by Gasteiger charge is -2.25. The van der Waals surface area contributed by atoms with Crippen LogP contribution in [0.2, 0.25) is 0 Å². The molecule has 0 radical (unpaired) electrons. The van der Waals surface area contributed by atoms with E-state index in [9.17, 15) is 4.79 Å². The molecular formula is C15H20Cl2N4OS. The fraction of sp³-hybridized carbons (Fsp3) is 0.333. The van der Waals surface area contributed by atoms with Crippen LogP contribution in [-0.2, 0) is 24.3 Å². The standard InChI is InChI=1S/C15H18N4OS.2ClH/c16-8-14(20)18-15-17-12-6-7-19(10-13(12)21-15)9-11-4-2-1-3-5-11;;/h1-5H,6-10,16H2,(H,17,18,20);2*1H. The van der Waals surface area contributed by atoms with E-state index in [2.05, 4.69) is 39.5 Å². The smallest absolute Gasteiger partial charge is 0.239 e. The minimum atomic E-state index is -0.192. The van der Waals surface area contributed by atoms with Crippen molar-refractivity contribution in [3.63, 3.8) is 0 Å². The molecule has 1 amide bonds. The largest absolute Gasteiger partial charge is 0.322 e. The molecule has 0 fully saturated rings. The van der Waals surface area contributed by atoms with Crippen LogP contribution in [0.15, 0.2) is 30.3 Å². The quantitative estimate of drug-likeness (QED) is 0.861. The Balaban J connectivity index is 0.00000132. The summed E-state index contributed by atoms with van der Waals surface area (Å²) in [6.45, 7) is 2.82. The zero-order chi connectivity index (χ0) is 14.7. The summed E-state index contributed by atoms with van der Waals surface area (Å²) < 4.78 is 0. The SMILES string of the molecule is Cl.Cl.NCC(=O)Nc1nc2c(s1)CN(Cc1ccccc1)CC2. The molecular weight excluding hydrogens is 355 g/mol. The lowest BCUT2D eigenvalue weighted by atomic mass is 10.1. The van der Waals surface area contributed by atoms with Crippen LogP contribution in [0.25, 0.3) is 0 Å². The molecule has 0 aliphatic carbocycles. The van der Waals surface area contributed by atoms with Gasteiger partial charge in [0.25, 0.3) is 0 Å². The van der Waals surface area contributed by atoms with E-state index in [4.69, 9.17) is 5.73 Å². The number of nitrogens with two attached hydrogens (primary N) is 1. The van der Waals surface area contributed by atoms with Crippen molar-refractivity contribution >= 4 is 47.2 Å². The normalized spacial score (nSPS) is 13.4. The maximum Gasteiger partial charge on any atom is 0.239 e. The Morgan fingerprint density at radius 1 is 1.30 bits per heavy atom. The van der Waals surface area contributed by atoms with Gasteiger partial charge in [-0.15, -0.1) is 36.2 Å². The van der Waals surface area contributed by atoms with E-state index in [1.807, 2.05) is 6.07 Å². The van der Waals surface area contributed by atoms with E-state index >= 15 is 0 Å². The minimum Gasteiger partial charge on any atom is -0.322 e. The van der Waals surface area contributed by atoms with Gasteiger partial charge in [0.2, 0.25) is 5.91 Å².